The average Bonchev–Trinajstić information content (AvgIpc) is 2.80. The molecule has 2 aromatic carbocycles. The van der Waals surface area contributed by atoms with Crippen LogP contribution in [0.3, 0.4) is 0 Å². The number of aryl methyl sites for hydroxylation is 1. The first kappa shape index (κ1) is 23.6. The molecule has 3 rings (SSSR count). The highest BCUT2D eigenvalue weighted by Crippen LogP contribution is 2.27. The van der Waals surface area contributed by atoms with Gasteiger partial charge in [-0.25, -0.2) is 13.2 Å². The molecule has 0 aliphatic carbocycles. The molecule has 1 heterocycles. The lowest BCUT2D eigenvalue weighted by molar-refractivity contribution is 0.0526. The summed E-state index contributed by atoms with van der Waals surface area (Å²) in [4.78, 5) is 26.7. The van der Waals surface area contributed by atoms with Gasteiger partial charge in [-0.15, -0.1) is 0 Å². The number of esters is 1. The lowest BCUT2D eigenvalue weighted by Gasteiger charge is -2.27. The van der Waals surface area contributed by atoms with Gasteiger partial charge in [0.25, 0.3) is 15.9 Å². The van der Waals surface area contributed by atoms with Crippen LogP contribution in [0.5, 0.6) is 5.75 Å². The lowest BCUT2D eigenvalue weighted by atomic mass is 10.1. The molecule has 9 heteroatoms. The second kappa shape index (κ2) is 10.0. The van der Waals surface area contributed by atoms with E-state index in [-0.39, 0.29) is 34.2 Å². The number of benzene rings is 2. The van der Waals surface area contributed by atoms with Gasteiger partial charge in [0, 0.05) is 13.1 Å². The minimum Gasteiger partial charge on any atom is -0.496 e. The Bertz CT molecular complexity index is 1110. The molecule has 1 saturated heterocycles. The molecule has 0 aromatic heterocycles. The van der Waals surface area contributed by atoms with Crippen molar-refractivity contribution in [1.29, 1.82) is 0 Å². The van der Waals surface area contributed by atoms with Gasteiger partial charge in [-0.05, 0) is 69.0 Å². The monoisotopic (exact) mass is 460 g/mol. The van der Waals surface area contributed by atoms with Gasteiger partial charge in [-0.1, -0.05) is 6.07 Å². The van der Waals surface area contributed by atoms with E-state index in [4.69, 9.17) is 9.47 Å². The van der Waals surface area contributed by atoms with Crippen LogP contribution in [0.15, 0.2) is 41.3 Å². The average molecular weight is 461 g/mol. The van der Waals surface area contributed by atoms with E-state index in [1.807, 2.05) is 0 Å². The number of hydrogen-bond acceptors (Lipinski definition) is 6. The van der Waals surface area contributed by atoms with Crippen LogP contribution in [0, 0.1) is 6.92 Å². The Labute approximate surface area is 188 Å². The standard InChI is InChI=1S/C23H28N2O6S/c1-4-31-23(27)17-9-8-16(2)20(14-17)24-32(28,29)18-10-11-21(30-3)19(15-18)22(26)25-12-6-5-7-13-25/h8-11,14-15,24H,4-7,12-13H2,1-3H3. The zero-order chi connectivity index (χ0) is 23.3. The Balaban J connectivity index is 1.93. The highest BCUT2D eigenvalue weighted by Gasteiger charge is 2.25. The van der Waals surface area contributed by atoms with E-state index in [0.29, 0.717) is 24.4 Å². The van der Waals surface area contributed by atoms with Crippen molar-refractivity contribution in [2.75, 3.05) is 31.5 Å². The Morgan fingerprint density at radius 2 is 1.78 bits per heavy atom. The van der Waals surface area contributed by atoms with Crippen molar-refractivity contribution in [1.82, 2.24) is 4.90 Å². The Morgan fingerprint density at radius 1 is 1.06 bits per heavy atom. The molecule has 1 aliphatic rings. The second-order valence-electron chi connectivity index (χ2n) is 7.57. The Hall–Kier alpha value is -3.07. The van der Waals surface area contributed by atoms with E-state index in [2.05, 4.69) is 4.72 Å². The van der Waals surface area contributed by atoms with Gasteiger partial charge in [-0.2, -0.15) is 0 Å². The molecule has 8 nitrogen and oxygen atoms in total. The van der Waals surface area contributed by atoms with Gasteiger partial charge in [0.05, 0.1) is 35.4 Å². The van der Waals surface area contributed by atoms with Gasteiger partial charge in [0.1, 0.15) is 5.75 Å². The number of rotatable bonds is 7. The summed E-state index contributed by atoms with van der Waals surface area (Å²) in [5, 5.41) is 0. The molecule has 1 N–H and O–H groups in total. The normalized spacial score (nSPS) is 14.0. The van der Waals surface area contributed by atoms with Crippen molar-refractivity contribution in [2.45, 2.75) is 38.0 Å². The van der Waals surface area contributed by atoms with Crippen LogP contribution in [0.25, 0.3) is 0 Å². The molecule has 2 aromatic rings. The largest absolute Gasteiger partial charge is 0.496 e. The van der Waals surface area contributed by atoms with E-state index >= 15 is 0 Å². The van der Waals surface area contributed by atoms with Crippen molar-refractivity contribution in [2.24, 2.45) is 0 Å². The molecule has 0 atom stereocenters. The molecular weight excluding hydrogens is 432 g/mol. The summed E-state index contributed by atoms with van der Waals surface area (Å²) in [6.07, 6.45) is 2.91. The summed E-state index contributed by atoms with van der Waals surface area (Å²) in [6.45, 7) is 4.91. The quantitative estimate of drug-likeness (QED) is 0.634. The number of ether oxygens (including phenoxy) is 2. The zero-order valence-corrected chi connectivity index (χ0v) is 19.3. The maximum Gasteiger partial charge on any atom is 0.338 e. The minimum absolute atomic E-state index is 0.0698. The van der Waals surface area contributed by atoms with Gasteiger partial charge in [-0.3, -0.25) is 9.52 Å². The van der Waals surface area contributed by atoms with Gasteiger partial charge < -0.3 is 14.4 Å². The summed E-state index contributed by atoms with van der Waals surface area (Å²) in [5.41, 5.74) is 1.34. The van der Waals surface area contributed by atoms with E-state index in [0.717, 1.165) is 19.3 Å². The van der Waals surface area contributed by atoms with E-state index in [9.17, 15) is 18.0 Å². The van der Waals surface area contributed by atoms with Gasteiger partial charge >= 0.3 is 5.97 Å². The first-order valence-corrected chi connectivity index (χ1v) is 12.0. The zero-order valence-electron chi connectivity index (χ0n) is 18.5. The van der Waals surface area contributed by atoms with Gasteiger partial charge in [0.2, 0.25) is 0 Å². The Morgan fingerprint density at radius 3 is 2.44 bits per heavy atom. The summed E-state index contributed by atoms with van der Waals surface area (Å²) in [6, 6.07) is 8.86. The minimum atomic E-state index is -4.03. The molecule has 0 radical (unpaired) electrons. The predicted molar refractivity (Wildman–Crippen MR) is 121 cm³/mol. The molecule has 172 valence electrons. The summed E-state index contributed by atoms with van der Waals surface area (Å²) >= 11 is 0. The number of anilines is 1. The molecule has 1 fully saturated rings. The highest BCUT2D eigenvalue weighted by molar-refractivity contribution is 7.92. The van der Waals surface area contributed by atoms with Crippen molar-refractivity contribution in [3.8, 4) is 5.75 Å². The molecule has 0 bridgehead atoms. The van der Waals surface area contributed by atoms with Crippen LogP contribution in [-0.2, 0) is 14.8 Å². The van der Waals surface area contributed by atoms with E-state index < -0.39 is 16.0 Å². The number of hydrogen-bond donors (Lipinski definition) is 1. The fourth-order valence-electron chi connectivity index (χ4n) is 3.57. The van der Waals surface area contributed by atoms with Crippen molar-refractivity contribution in [3.05, 3.63) is 53.1 Å². The highest BCUT2D eigenvalue weighted by atomic mass is 32.2. The third kappa shape index (κ3) is 5.21. The summed E-state index contributed by atoms with van der Waals surface area (Å²) in [5.74, 6) is -0.467. The van der Waals surface area contributed by atoms with Crippen LogP contribution in [0.2, 0.25) is 0 Å². The number of sulfonamides is 1. The SMILES string of the molecule is CCOC(=O)c1ccc(C)c(NS(=O)(=O)c2ccc(OC)c(C(=O)N3CCCCC3)c2)c1. The smallest absolute Gasteiger partial charge is 0.338 e. The molecule has 0 unspecified atom stereocenters. The van der Waals surface area contributed by atoms with Crippen LogP contribution >= 0.6 is 0 Å². The van der Waals surface area contributed by atoms with Crippen LogP contribution in [-0.4, -0.2) is 52.0 Å². The van der Waals surface area contributed by atoms with Crippen molar-refractivity contribution < 1.29 is 27.5 Å². The fourth-order valence-corrected chi connectivity index (χ4v) is 4.71. The molecule has 0 spiro atoms. The number of piperidine rings is 1. The molecule has 1 amide bonds. The molecule has 0 saturated carbocycles. The maximum atomic E-state index is 13.1. The number of methoxy groups -OCH3 is 1. The Kier molecular flexibility index (Phi) is 7.40. The lowest BCUT2D eigenvalue weighted by Crippen LogP contribution is -2.35. The second-order valence-corrected chi connectivity index (χ2v) is 9.25. The number of amides is 1. The van der Waals surface area contributed by atoms with Crippen molar-refractivity contribution >= 4 is 27.6 Å². The first-order chi connectivity index (χ1) is 15.3. The molecule has 32 heavy (non-hydrogen) atoms. The molecular formula is C23H28N2O6S. The number of nitrogens with one attached hydrogen (secondary N) is 1. The number of likely N-dealkylation sites (tertiary alicyclic amines) is 1. The van der Waals surface area contributed by atoms with Crippen LogP contribution in [0.1, 0.15) is 52.5 Å². The summed E-state index contributed by atoms with van der Waals surface area (Å²) in [7, 11) is -2.59. The molecule has 1 aliphatic heterocycles. The van der Waals surface area contributed by atoms with E-state index in [1.165, 1.54) is 31.4 Å². The number of nitrogens with zero attached hydrogens (tertiary/aromatic N) is 1. The first-order valence-electron chi connectivity index (χ1n) is 10.5. The van der Waals surface area contributed by atoms with Gasteiger partial charge in [0.15, 0.2) is 0 Å². The van der Waals surface area contributed by atoms with Crippen LogP contribution in [0.4, 0.5) is 5.69 Å². The van der Waals surface area contributed by atoms with E-state index in [1.54, 1.807) is 30.9 Å². The van der Waals surface area contributed by atoms with Crippen LogP contribution < -0.4 is 9.46 Å². The summed E-state index contributed by atoms with van der Waals surface area (Å²) < 4.78 is 39.1. The maximum absolute atomic E-state index is 13.1. The third-order valence-corrected chi connectivity index (χ3v) is 6.71. The third-order valence-electron chi connectivity index (χ3n) is 5.35. The fraction of sp³-hybridized carbons (Fsp3) is 0.391. The number of carbonyl (C=O) groups is 2. The van der Waals surface area contributed by atoms with Crippen molar-refractivity contribution in [3.63, 3.8) is 0 Å². The number of carbonyl (C=O) groups excluding carboxylic acids is 2. The topological polar surface area (TPSA) is 102 Å². The predicted octanol–water partition coefficient (Wildman–Crippen LogP) is 3.61.